The molecule has 0 radical (unpaired) electrons. The summed E-state index contributed by atoms with van der Waals surface area (Å²) < 4.78 is 15.8. The number of rotatable bonds is 8. The van der Waals surface area contributed by atoms with Crippen molar-refractivity contribution >= 4 is 28.6 Å². The molecule has 0 fully saturated rings. The van der Waals surface area contributed by atoms with E-state index in [4.69, 9.17) is 13.9 Å². The number of fused-ring (bicyclic) bond motifs is 1. The van der Waals surface area contributed by atoms with Crippen LogP contribution in [0.1, 0.15) is 29.3 Å². The van der Waals surface area contributed by atoms with E-state index < -0.39 is 23.6 Å². The van der Waals surface area contributed by atoms with Gasteiger partial charge in [-0.05, 0) is 42.8 Å². The number of para-hydroxylation sites is 1. The minimum absolute atomic E-state index is 0.155. The Morgan fingerprint density at radius 2 is 1.86 bits per heavy atom. The Balaban J connectivity index is 1.76. The van der Waals surface area contributed by atoms with Gasteiger partial charge in [0.25, 0.3) is 0 Å². The van der Waals surface area contributed by atoms with Crippen LogP contribution < -0.4 is 15.1 Å². The van der Waals surface area contributed by atoms with Gasteiger partial charge >= 0.3 is 5.63 Å². The first kappa shape index (κ1) is 20.1. The van der Waals surface area contributed by atoms with Crippen LogP contribution in [0, 0.1) is 0 Å². The predicted molar refractivity (Wildman–Crippen MR) is 110 cm³/mol. The van der Waals surface area contributed by atoms with E-state index in [1.165, 1.54) is 12.1 Å². The fourth-order valence-electron chi connectivity index (χ4n) is 2.80. The Hall–Kier alpha value is -3.67. The molecule has 3 rings (SSSR count). The summed E-state index contributed by atoms with van der Waals surface area (Å²) in [5.74, 6) is 0.138. The molecule has 29 heavy (non-hydrogen) atoms. The highest BCUT2D eigenvalue weighted by Gasteiger charge is 2.17. The monoisotopic (exact) mass is 392 g/mol. The number of ether oxygens (including phenoxy) is 2. The van der Waals surface area contributed by atoms with Crippen LogP contribution in [0.15, 0.2) is 63.8 Å². The van der Waals surface area contributed by atoms with Gasteiger partial charge in [0.1, 0.15) is 11.3 Å². The first-order valence-corrected chi connectivity index (χ1v) is 9.09. The van der Waals surface area contributed by atoms with Gasteiger partial charge in [-0.3, -0.25) is 9.59 Å². The lowest BCUT2D eigenvalue weighted by atomic mass is 10.1. The number of carbonyl (C=O) groups excluding carboxylic acids is 2. The number of benzene rings is 2. The molecule has 2 aromatic carbocycles. The molecule has 1 heterocycles. The highest BCUT2D eigenvalue weighted by molar-refractivity contribution is 6.12. The summed E-state index contributed by atoms with van der Waals surface area (Å²) in [6, 6.07) is 13.7. The largest absolute Gasteiger partial charge is 0.497 e. The molecule has 0 saturated heterocycles. The van der Waals surface area contributed by atoms with Crippen molar-refractivity contribution in [3.63, 3.8) is 0 Å². The van der Waals surface area contributed by atoms with Crippen LogP contribution in [-0.2, 0) is 4.79 Å². The summed E-state index contributed by atoms with van der Waals surface area (Å²) in [7, 11) is 1.57. The smallest absolute Gasteiger partial charge is 0.347 e. The molecule has 0 atom stereocenters. The third kappa shape index (κ3) is 4.79. The highest BCUT2D eigenvalue weighted by atomic mass is 16.5. The van der Waals surface area contributed by atoms with Gasteiger partial charge in [-0.1, -0.05) is 30.3 Å². The normalized spacial score (nSPS) is 11.0. The maximum atomic E-state index is 12.5. The third-order valence-corrected chi connectivity index (χ3v) is 4.24. The Morgan fingerprint density at radius 1 is 1.10 bits per heavy atom. The number of hydrogen-bond acceptors (Lipinski definition) is 6. The number of carbonyl (C=O) groups is 2. The molecule has 0 aliphatic rings. The molecule has 0 saturated carbocycles. The molecule has 0 aliphatic carbocycles. The van der Waals surface area contributed by atoms with Crippen LogP contribution in [0.4, 0.5) is 0 Å². The fraction of sp³-hybridized carbons (Fsp3) is 0.174. The van der Waals surface area contributed by atoms with Crippen LogP contribution >= 0.6 is 0 Å². The SMILES string of the molecule is CCOc1cccc2cc(C(=O)CC(=O)/C=C/c3ccc(OC)cc3)c(=O)oc12. The van der Waals surface area contributed by atoms with E-state index in [1.54, 1.807) is 55.7 Å². The molecule has 0 unspecified atom stereocenters. The maximum Gasteiger partial charge on any atom is 0.347 e. The van der Waals surface area contributed by atoms with E-state index in [-0.39, 0.29) is 11.1 Å². The number of hydrogen-bond donors (Lipinski definition) is 0. The molecule has 0 aliphatic heterocycles. The molecule has 0 amide bonds. The van der Waals surface area contributed by atoms with Crippen LogP contribution in [-0.4, -0.2) is 25.3 Å². The van der Waals surface area contributed by atoms with Crippen LogP contribution in [0.3, 0.4) is 0 Å². The molecule has 148 valence electrons. The van der Waals surface area contributed by atoms with Gasteiger partial charge in [0, 0.05) is 5.39 Å². The second kappa shape index (κ2) is 9.01. The number of Topliss-reactive ketones (excluding diaryl/α,β-unsaturated/α-hetero) is 1. The van der Waals surface area contributed by atoms with Crippen LogP contribution in [0.5, 0.6) is 11.5 Å². The summed E-state index contributed by atoms with van der Waals surface area (Å²) >= 11 is 0. The van der Waals surface area contributed by atoms with Crippen molar-refractivity contribution in [2.75, 3.05) is 13.7 Å². The van der Waals surface area contributed by atoms with Gasteiger partial charge in [-0.2, -0.15) is 0 Å². The molecule has 6 nitrogen and oxygen atoms in total. The minimum Gasteiger partial charge on any atom is -0.497 e. The first-order chi connectivity index (χ1) is 14.0. The van der Waals surface area contributed by atoms with Gasteiger partial charge in [0.05, 0.1) is 20.1 Å². The highest BCUT2D eigenvalue weighted by Crippen LogP contribution is 2.25. The van der Waals surface area contributed by atoms with E-state index in [9.17, 15) is 14.4 Å². The standard InChI is InChI=1S/C23H20O6/c1-3-28-21-6-4-5-16-13-19(23(26)29-22(16)21)20(25)14-17(24)10-7-15-8-11-18(27-2)12-9-15/h4-13H,3,14H2,1-2H3/b10-7+. The fourth-order valence-corrected chi connectivity index (χ4v) is 2.80. The van der Waals surface area contributed by atoms with Crippen molar-refractivity contribution in [1.29, 1.82) is 0 Å². The zero-order valence-electron chi connectivity index (χ0n) is 16.1. The van der Waals surface area contributed by atoms with E-state index in [0.29, 0.717) is 23.5 Å². The summed E-state index contributed by atoms with van der Waals surface area (Å²) in [6.45, 7) is 2.23. The van der Waals surface area contributed by atoms with Crippen molar-refractivity contribution in [2.45, 2.75) is 13.3 Å². The van der Waals surface area contributed by atoms with Gasteiger partial charge in [-0.25, -0.2) is 4.79 Å². The van der Waals surface area contributed by atoms with E-state index >= 15 is 0 Å². The number of allylic oxidation sites excluding steroid dienone is 1. The Bertz CT molecular complexity index is 1120. The number of ketones is 2. The summed E-state index contributed by atoms with van der Waals surface area (Å²) in [6.07, 6.45) is 2.50. The van der Waals surface area contributed by atoms with E-state index in [1.807, 2.05) is 6.92 Å². The van der Waals surface area contributed by atoms with Crippen LogP contribution in [0.2, 0.25) is 0 Å². The van der Waals surface area contributed by atoms with Crippen molar-refractivity contribution in [3.05, 3.63) is 76.2 Å². The van der Waals surface area contributed by atoms with Crippen molar-refractivity contribution in [3.8, 4) is 11.5 Å². The molecular formula is C23H20O6. The summed E-state index contributed by atoms with van der Waals surface area (Å²) in [4.78, 5) is 36.9. The lowest BCUT2D eigenvalue weighted by molar-refractivity contribution is -0.113. The van der Waals surface area contributed by atoms with Crippen molar-refractivity contribution in [2.24, 2.45) is 0 Å². The van der Waals surface area contributed by atoms with Crippen LogP contribution in [0.25, 0.3) is 17.0 Å². The lowest BCUT2D eigenvalue weighted by Gasteiger charge is -2.06. The molecular weight excluding hydrogens is 372 g/mol. The van der Waals surface area contributed by atoms with E-state index in [2.05, 4.69) is 0 Å². The predicted octanol–water partition coefficient (Wildman–Crippen LogP) is 4.06. The minimum atomic E-state index is -0.790. The summed E-state index contributed by atoms with van der Waals surface area (Å²) in [5.41, 5.74) is 0.126. The lowest BCUT2D eigenvalue weighted by Crippen LogP contribution is -2.16. The maximum absolute atomic E-state index is 12.5. The summed E-state index contributed by atoms with van der Waals surface area (Å²) in [5, 5.41) is 0.556. The van der Waals surface area contributed by atoms with Crippen molar-refractivity contribution in [1.82, 2.24) is 0 Å². The topological polar surface area (TPSA) is 82.8 Å². The second-order valence-electron chi connectivity index (χ2n) is 6.23. The zero-order valence-corrected chi connectivity index (χ0v) is 16.1. The third-order valence-electron chi connectivity index (χ3n) is 4.24. The van der Waals surface area contributed by atoms with Crippen molar-refractivity contribution < 1.29 is 23.5 Å². The Morgan fingerprint density at radius 3 is 2.55 bits per heavy atom. The number of methoxy groups -OCH3 is 1. The second-order valence-corrected chi connectivity index (χ2v) is 6.23. The molecule has 3 aromatic rings. The van der Waals surface area contributed by atoms with Gasteiger partial charge in [0.2, 0.25) is 0 Å². The first-order valence-electron chi connectivity index (χ1n) is 9.09. The quantitative estimate of drug-likeness (QED) is 0.249. The molecule has 0 spiro atoms. The average molecular weight is 392 g/mol. The van der Waals surface area contributed by atoms with E-state index in [0.717, 1.165) is 5.56 Å². The Kier molecular flexibility index (Phi) is 6.24. The molecule has 0 N–H and O–H groups in total. The molecule has 1 aromatic heterocycles. The van der Waals surface area contributed by atoms with Gasteiger partial charge in [0.15, 0.2) is 22.9 Å². The molecule has 0 bridgehead atoms. The van der Waals surface area contributed by atoms with Gasteiger partial charge < -0.3 is 13.9 Å². The molecule has 6 heteroatoms. The average Bonchev–Trinajstić information content (AvgIpc) is 2.73. The zero-order chi connectivity index (χ0) is 20.8. The Labute approximate surface area is 167 Å². The van der Waals surface area contributed by atoms with Gasteiger partial charge in [-0.15, -0.1) is 0 Å².